The van der Waals surface area contributed by atoms with Crippen LogP contribution in [0.3, 0.4) is 0 Å². The zero-order valence-corrected chi connectivity index (χ0v) is 24.2. The second-order valence-corrected chi connectivity index (χ2v) is 10.3. The molecule has 3 aromatic carbocycles. The topological polar surface area (TPSA) is 72.7 Å². The van der Waals surface area contributed by atoms with Crippen molar-refractivity contribution in [3.05, 3.63) is 102 Å². The largest absolute Gasteiger partial charge is 0.493 e. The molecule has 0 spiro atoms. The Morgan fingerprint density at radius 3 is 2.33 bits per heavy atom. The molecule has 1 aliphatic heterocycles. The summed E-state index contributed by atoms with van der Waals surface area (Å²) in [6.07, 6.45) is 7.14. The minimum atomic E-state index is -0.0314. The first kappa shape index (κ1) is 27.4. The minimum Gasteiger partial charge on any atom is -0.493 e. The van der Waals surface area contributed by atoms with Crippen molar-refractivity contribution >= 4 is 40.4 Å². The number of hydrogen-bond donors (Lipinski definition) is 0. The van der Waals surface area contributed by atoms with Gasteiger partial charge in [-0.25, -0.2) is 9.97 Å². The van der Waals surface area contributed by atoms with Crippen LogP contribution < -0.4 is 14.4 Å². The van der Waals surface area contributed by atoms with Gasteiger partial charge in [-0.1, -0.05) is 48.0 Å². The summed E-state index contributed by atoms with van der Waals surface area (Å²) in [6, 6.07) is 23.6. The van der Waals surface area contributed by atoms with Crippen molar-refractivity contribution in [1.29, 1.82) is 0 Å². The molecule has 0 unspecified atom stereocenters. The molecule has 1 amide bonds. The molecule has 42 heavy (non-hydrogen) atoms. The summed E-state index contributed by atoms with van der Waals surface area (Å²) in [5.41, 5.74) is 4.78. The number of carbonyl (C=O) groups is 1. The number of ether oxygens (including phenoxy) is 2. The predicted molar refractivity (Wildman–Crippen MR) is 167 cm³/mol. The number of benzene rings is 3. The molecule has 8 nitrogen and oxygen atoms in total. The van der Waals surface area contributed by atoms with E-state index in [2.05, 4.69) is 27.8 Å². The number of anilines is 1. The molecule has 1 fully saturated rings. The van der Waals surface area contributed by atoms with Gasteiger partial charge < -0.3 is 23.8 Å². The van der Waals surface area contributed by atoms with Crippen molar-refractivity contribution in [3.63, 3.8) is 0 Å². The lowest BCUT2D eigenvalue weighted by Crippen LogP contribution is -2.48. The first-order chi connectivity index (χ1) is 20.6. The van der Waals surface area contributed by atoms with Crippen LogP contribution in [0.2, 0.25) is 5.02 Å². The van der Waals surface area contributed by atoms with Crippen molar-refractivity contribution in [2.45, 2.75) is 0 Å². The maximum atomic E-state index is 13.1. The number of rotatable bonds is 7. The molecular weight excluding hydrogens is 550 g/mol. The molecule has 6 rings (SSSR count). The molecule has 0 atom stereocenters. The lowest BCUT2D eigenvalue weighted by atomic mass is 10.1. The predicted octanol–water partition coefficient (Wildman–Crippen LogP) is 6.12. The van der Waals surface area contributed by atoms with Gasteiger partial charge in [-0.15, -0.1) is 0 Å². The normalized spacial score (nSPS) is 13.6. The van der Waals surface area contributed by atoms with Crippen LogP contribution in [0.25, 0.3) is 33.9 Å². The zero-order chi connectivity index (χ0) is 29.1. The van der Waals surface area contributed by atoms with Crippen LogP contribution in [0.5, 0.6) is 11.5 Å². The Bertz CT molecular complexity index is 1740. The standard InChI is InChI=1S/C33H30ClN5O3/c1-41-28-14-8-23(20-29(28)42-2)9-15-30(40)37-16-18-38(19-17-37)32-31-27(24-6-4-3-5-7-24)21-39(33(31)36-22-35-32)26-12-10-25(34)11-13-26/h3-15,20-22H,16-19H2,1-2H3/b15-9+. The number of amides is 1. The van der Waals surface area contributed by atoms with E-state index in [4.69, 9.17) is 31.0 Å². The highest BCUT2D eigenvalue weighted by Crippen LogP contribution is 2.37. The lowest BCUT2D eigenvalue weighted by molar-refractivity contribution is -0.126. The average molecular weight is 580 g/mol. The number of nitrogens with zero attached hydrogens (tertiary/aromatic N) is 5. The van der Waals surface area contributed by atoms with Crippen LogP contribution in [0, 0.1) is 0 Å². The molecule has 0 aliphatic carbocycles. The summed E-state index contributed by atoms with van der Waals surface area (Å²) in [4.78, 5) is 26.6. The van der Waals surface area contributed by atoms with E-state index in [0.717, 1.165) is 39.2 Å². The number of hydrogen-bond acceptors (Lipinski definition) is 6. The van der Waals surface area contributed by atoms with E-state index < -0.39 is 0 Å². The van der Waals surface area contributed by atoms with Crippen LogP contribution in [0.1, 0.15) is 5.56 Å². The third kappa shape index (κ3) is 5.41. The molecule has 3 heterocycles. The van der Waals surface area contributed by atoms with Crippen molar-refractivity contribution in [3.8, 4) is 28.3 Å². The van der Waals surface area contributed by atoms with E-state index in [1.807, 2.05) is 65.6 Å². The van der Waals surface area contributed by atoms with Crippen LogP contribution in [-0.2, 0) is 4.79 Å². The Kier molecular flexibility index (Phi) is 7.79. The average Bonchev–Trinajstić information content (AvgIpc) is 3.44. The lowest BCUT2D eigenvalue weighted by Gasteiger charge is -2.35. The fourth-order valence-electron chi connectivity index (χ4n) is 5.29. The summed E-state index contributed by atoms with van der Waals surface area (Å²) in [5.74, 6) is 2.10. The van der Waals surface area contributed by atoms with Crippen molar-refractivity contribution < 1.29 is 14.3 Å². The molecule has 1 saturated heterocycles. The van der Waals surface area contributed by atoms with Gasteiger partial charge in [-0.2, -0.15) is 0 Å². The molecule has 0 radical (unpaired) electrons. The van der Waals surface area contributed by atoms with Crippen LogP contribution in [0.15, 0.2) is 91.4 Å². The van der Waals surface area contributed by atoms with E-state index in [1.165, 1.54) is 0 Å². The van der Waals surface area contributed by atoms with E-state index >= 15 is 0 Å². The molecule has 9 heteroatoms. The van der Waals surface area contributed by atoms with E-state index in [-0.39, 0.29) is 5.91 Å². The van der Waals surface area contributed by atoms with Gasteiger partial charge in [0.05, 0.1) is 19.6 Å². The maximum Gasteiger partial charge on any atom is 0.246 e. The molecule has 2 aromatic heterocycles. The van der Waals surface area contributed by atoms with Gasteiger partial charge in [0, 0.05) is 54.7 Å². The van der Waals surface area contributed by atoms with Gasteiger partial charge in [0.1, 0.15) is 12.1 Å². The first-order valence-corrected chi connectivity index (χ1v) is 14.0. The Hall–Kier alpha value is -4.82. The van der Waals surface area contributed by atoms with Gasteiger partial charge >= 0.3 is 0 Å². The van der Waals surface area contributed by atoms with Crippen LogP contribution in [-0.4, -0.2) is 65.7 Å². The fourth-order valence-corrected chi connectivity index (χ4v) is 5.41. The zero-order valence-electron chi connectivity index (χ0n) is 23.4. The van der Waals surface area contributed by atoms with Crippen molar-refractivity contribution in [2.24, 2.45) is 0 Å². The summed E-state index contributed by atoms with van der Waals surface area (Å²) < 4.78 is 12.8. The first-order valence-electron chi connectivity index (χ1n) is 13.7. The Morgan fingerprint density at radius 1 is 0.881 bits per heavy atom. The summed E-state index contributed by atoms with van der Waals surface area (Å²) >= 11 is 6.17. The number of carbonyl (C=O) groups excluding carboxylic acids is 1. The third-order valence-electron chi connectivity index (χ3n) is 7.47. The van der Waals surface area contributed by atoms with E-state index in [0.29, 0.717) is 42.7 Å². The van der Waals surface area contributed by atoms with Crippen LogP contribution >= 0.6 is 11.6 Å². The molecule has 0 bridgehead atoms. The van der Waals surface area contributed by atoms with Gasteiger partial charge in [-0.3, -0.25) is 4.79 Å². The summed E-state index contributed by atoms with van der Waals surface area (Å²) in [5, 5.41) is 1.66. The number of piperazine rings is 1. The molecular formula is C33H30ClN5O3. The number of halogens is 1. The van der Waals surface area contributed by atoms with E-state index in [9.17, 15) is 4.79 Å². The molecule has 1 aliphatic rings. The van der Waals surface area contributed by atoms with Gasteiger partial charge in [0.15, 0.2) is 17.1 Å². The van der Waals surface area contributed by atoms with E-state index in [1.54, 1.807) is 32.7 Å². The smallest absolute Gasteiger partial charge is 0.246 e. The van der Waals surface area contributed by atoms with Crippen molar-refractivity contribution in [2.75, 3.05) is 45.3 Å². The molecule has 0 N–H and O–H groups in total. The quantitative estimate of drug-likeness (QED) is 0.216. The van der Waals surface area contributed by atoms with Gasteiger partial charge in [-0.05, 0) is 53.6 Å². The summed E-state index contributed by atoms with van der Waals surface area (Å²) in [6.45, 7) is 2.48. The number of aromatic nitrogens is 3. The van der Waals surface area contributed by atoms with Crippen LogP contribution in [0.4, 0.5) is 5.82 Å². The maximum absolute atomic E-state index is 13.1. The van der Waals surface area contributed by atoms with Crippen molar-refractivity contribution in [1.82, 2.24) is 19.4 Å². The molecule has 212 valence electrons. The Labute approximate surface area is 249 Å². The second-order valence-electron chi connectivity index (χ2n) is 9.91. The van der Waals surface area contributed by atoms with Gasteiger partial charge in [0.25, 0.3) is 0 Å². The SMILES string of the molecule is COc1ccc(/C=C/C(=O)N2CCN(c3ncnc4c3c(-c3ccccc3)cn4-c3ccc(Cl)cc3)CC2)cc1OC. The van der Waals surface area contributed by atoms with Gasteiger partial charge in [0.2, 0.25) is 5.91 Å². The second kappa shape index (κ2) is 12.0. The monoisotopic (exact) mass is 579 g/mol. The fraction of sp³-hybridized carbons (Fsp3) is 0.182. The highest BCUT2D eigenvalue weighted by molar-refractivity contribution is 6.30. The Balaban J connectivity index is 1.26. The Morgan fingerprint density at radius 2 is 1.62 bits per heavy atom. The molecule has 0 saturated carbocycles. The summed E-state index contributed by atoms with van der Waals surface area (Å²) in [7, 11) is 3.19. The number of methoxy groups -OCH3 is 2. The third-order valence-corrected chi connectivity index (χ3v) is 7.72. The highest BCUT2D eigenvalue weighted by Gasteiger charge is 2.25. The minimum absolute atomic E-state index is 0.0314. The number of fused-ring (bicyclic) bond motifs is 1. The highest BCUT2D eigenvalue weighted by atomic mass is 35.5. The molecule has 5 aromatic rings.